The molecule has 0 heterocycles. The Morgan fingerprint density at radius 3 is 2.67 bits per heavy atom. The molecule has 3 nitrogen and oxygen atoms in total. The van der Waals surface area contributed by atoms with Gasteiger partial charge in [0.15, 0.2) is 0 Å². The first-order chi connectivity index (χ1) is 7.13. The van der Waals surface area contributed by atoms with E-state index in [0.29, 0.717) is 19.3 Å². The van der Waals surface area contributed by atoms with Gasteiger partial charge >= 0.3 is 5.97 Å². The minimum atomic E-state index is -0.457. The number of hydrogen-bond acceptors (Lipinski definition) is 3. The van der Waals surface area contributed by atoms with Crippen LogP contribution < -0.4 is 0 Å². The third kappa shape index (κ3) is 7.14. The van der Waals surface area contributed by atoms with Crippen molar-refractivity contribution in [1.29, 1.82) is 0 Å². The lowest BCUT2D eigenvalue weighted by atomic mass is 10.1. The molecule has 1 N–H and O–H groups in total. The second-order valence-corrected chi connectivity index (χ2v) is 3.68. The van der Waals surface area contributed by atoms with Crippen molar-refractivity contribution < 1.29 is 14.6 Å². The summed E-state index contributed by atoms with van der Waals surface area (Å²) in [5.74, 6) is -0.171. The molecule has 0 aromatic carbocycles. The Labute approximate surface area is 92.1 Å². The first kappa shape index (κ1) is 14.2. The van der Waals surface area contributed by atoms with E-state index < -0.39 is 6.10 Å². The zero-order valence-electron chi connectivity index (χ0n) is 9.74. The lowest BCUT2D eigenvalue weighted by Crippen LogP contribution is -2.23. The number of aliphatic hydroxyl groups excluding tert-OH is 1. The topological polar surface area (TPSA) is 46.5 Å². The third-order valence-corrected chi connectivity index (χ3v) is 2.18. The number of carbonyl (C=O) groups is 1. The summed E-state index contributed by atoms with van der Waals surface area (Å²) in [6.45, 7) is 7.44. The van der Waals surface area contributed by atoms with Crippen molar-refractivity contribution >= 4 is 5.97 Å². The highest BCUT2D eigenvalue weighted by atomic mass is 16.5. The number of rotatable bonds is 8. The van der Waals surface area contributed by atoms with Gasteiger partial charge in [-0.2, -0.15) is 0 Å². The van der Waals surface area contributed by atoms with Crippen LogP contribution >= 0.6 is 0 Å². The van der Waals surface area contributed by atoms with E-state index in [1.165, 1.54) is 0 Å². The molecule has 3 heteroatoms. The monoisotopic (exact) mass is 214 g/mol. The number of carbonyl (C=O) groups excluding carboxylic acids is 1. The average molecular weight is 214 g/mol. The average Bonchev–Trinajstić information content (AvgIpc) is 2.17. The molecule has 0 saturated carbocycles. The number of hydrogen-bond donors (Lipinski definition) is 1. The quantitative estimate of drug-likeness (QED) is 0.498. The Morgan fingerprint density at radius 1 is 1.53 bits per heavy atom. The molecule has 0 spiro atoms. The van der Waals surface area contributed by atoms with Crippen molar-refractivity contribution in [3.05, 3.63) is 12.7 Å². The standard InChI is InChI=1S/C12H22O3/c1-4-7-10(13)9-11(6-3)15-12(14)8-5-2/h4,10-11,13H,1,5-9H2,2-3H3/t10-,11-/m0/s1. The van der Waals surface area contributed by atoms with Gasteiger partial charge in [0.05, 0.1) is 6.10 Å². The highest BCUT2D eigenvalue weighted by molar-refractivity contribution is 5.69. The molecule has 0 fully saturated rings. The SMILES string of the molecule is C=CC[C@H](O)C[C@H](CC)OC(=O)CCC. The van der Waals surface area contributed by atoms with E-state index in [1.54, 1.807) is 6.08 Å². The smallest absolute Gasteiger partial charge is 0.306 e. The molecule has 0 amide bonds. The normalized spacial score (nSPS) is 14.3. The van der Waals surface area contributed by atoms with E-state index in [2.05, 4.69) is 6.58 Å². The van der Waals surface area contributed by atoms with E-state index in [-0.39, 0.29) is 12.1 Å². The molecule has 0 rings (SSSR count). The number of esters is 1. The molecule has 0 aliphatic rings. The minimum absolute atomic E-state index is 0.168. The summed E-state index contributed by atoms with van der Waals surface area (Å²) in [7, 11) is 0. The van der Waals surface area contributed by atoms with Crippen LogP contribution in [0.15, 0.2) is 12.7 Å². The van der Waals surface area contributed by atoms with Gasteiger partial charge in [-0.05, 0) is 19.3 Å². The van der Waals surface area contributed by atoms with Gasteiger partial charge in [-0.1, -0.05) is 19.9 Å². The van der Waals surface area contributed by atoms with Gasteiger partial charge in [0, 0.05) is 12.8 Å². The Morgan fingerprint density at radius 2 is 2.20 bits per heavy atom. The van der Waals surface area contributed by atoms with Crippen LogP contribution in [0.3, 0.4) is 0 Å². The Balaban J connectivity index is 3.90. The second kappa shape index (κ2) is 8.48. The van der Waals surface area contributed by atoms with Crippen molar-refractivity contribution in [2.75, 3.05) is 0 Å². The van der Waals surface area contributed by atoms with Crippen LogP contribution in [0.5, 0.6) is 0 Å². The summed E-state index contributed by atoms with van der Waals surface area (Å²) in [4.78, 5) is 11.2. The molecule has 0 saturated heterocycles. The molecule has 0 unspecified atom stereocenters. The molecule has 0 bridgehead atoms. The molecule has 0 aliphatic carbocycles. The molecular formula is C12H22O3. The van der Waals surface area contributed by atoms with Gasteiger partial charge in [-0.25, -0.2) is 0 Å². The van der Waals surface area contributed by atoms with Crippen LogP contribution in [-0.4, -0.2) is 23.3 Å². The van der Waals surface area contributed by atoms with Crippen LogP contribution in [0.4, 0.5) is 0 Å². The molecule has 0 radical (unpaired) electrons. The van der Waals surface area contributed by atoms with Crippen molar-refractivity contribution in [1.82, 2.24) is 0 Å². The predicted octanol–water partition coefficient (Wildman–Crippen LogP) is 2.44. The maximum Gasteiger partial charge on any atom is 0.306 e. The Bertz CT molecular complexity index is 189. The Kier molecular flexibility index (Phi) is 8.01. The second-order valence-electron chi connectivity index (χ2n) is 3.68. The van der Waals surface area contributed by atoms with Gasteiger partial charge in [0.25, 0.3) is 0 Å². The lowest BCUT2D eigenvalue weighted by molar-refractivity contribution is -0.150. The highest BCUT2D eigenvalue weighted by Gasteiger charge is 2.15. The van der Waals surface area contributed by atoms with Crippen molar-refractivity contribution in [3.63, 3.8) is 0 Å². The molecule has 2 atom stereocenters. The van der Waals surface area contributed by atoms with Crippen LogP contribution in [0.25, 0.3) is 0 Å². The predicted molar refractivity (Wildman–Crippen MR) is 60.5 cm³/mol. The third-order valence-electron chi connectivity index (χ3n) is 2.18. The summed E-state index contributed by atoms with van der Waals surface area (Å²) in [6.07, 6.45) is 4.08. The highest BCUT2D eigenvalue weighted by Crippen LogP contribution is 2.11. The zero-order valence-corrected chi connectivity index (χ0v) is 9.74. The zero-order chi connectivity index (χ0) is 11.7. The van der Waals surface area contributed by atoms with Gasteiger partial charge < -0.3 is 9.84 Å². The number of ether oxygens (including phenoxy) is 1. The first-order valence-corrected chi connectivity index (χ1v) is 5.62. The minimum Gasteiger partial charge on any atom is -0.462 e. The summed E-state index contributed by atoms with van der Waals surface area (Å²) in [5, 5.41) is 9.53. The van der Waals surface area contributed by atoms with Gasteiger partial charge in [0.1, 0.15) is 6.10 Å². The van der Waals surface area contributed by atoms with E-state index in [4.69, 9.17) is 4.74 Å². The summed E-state index contributed by atoms with van der Waals surface area (Å²) in [5.41, 5.74) is 0. The molecule has 0 aromatic heterocycles. The fourth-order valence-corrected chi connectivity index (χ4v) is 1.34. The molecule has 0 aliphatic heterocycles. The van der Waals surface area contributed by atoms with Gasteiger partial charge in [-0.3, -0.25) is 4.79 Å². The molecule has 88 valence electrons. The van der Waals surface area contributed by atoms with E-state index in [0.717, 1.165) is 12.8 Å². The summed E-state index contributed by atoms with van der Waals surface area (Å²) < 4.78 is 5.22. The van der Waals surface area contributed by atoms with Crippen LogP contribution in [0.1, 0.15) is 46.0 Å². The largest absolute Gasteiger partial charge is 0.462 e. The Hall–Kier alpha value is -0.830. The van der Waals surface area contributed by atoms with Crippen molar-refractivity contribution in [2.45, 2.75) is 58.2 Å². The first-order valence-electron chi connectivity index (χ1n) is 5.62. The maximum atomic E-state index is 11.2. The molecule has 15 heavy (non-hydrogen) atoms. The van der Waals surface area contributed by atoms with E-state index in [1.807, 2.05) is 13.8 Å². The summed E-state index contributed by atoms with van der Waals surface area (Å²) >= 11 is 0. The van der Waals surface area contributed by atoms with Gasteiger partial charge in [0.2, 0.25) is 0 Å². The fraction of sp³-hybridized carbons (Fsp3) is 0.750. The fourth-order valence-electron chi connectivity index (χ4n) is 1.34. The van der Waals surface area contributed by atoms with Crippen LogP contribution in [-0.2, 0) is 9.53 Å². The lowest BCUT2D eigenvalue weighted by Gasteiger charge is -2.18. The maximum absolute atomic E-state index is 11.2. The van der Waals surface area contributed by atoms with Crippen molar-refractivity contribution in [3.8, 4) is 0 Å². The molecule has 0 aromatic rings. The van der Waals surface area contributed by atoms with Gasteiger partial charge in [-0.15, -0.1) is 6.58 Å². The summed E-state index contributed by atoms with van der Waals surface area (Å²) in [6, 6.07) is 0. The molecular weight excluding hydrogens is 192 g/mol. The van der Waals surface area contributed by atoms with E-state index >= 15 is 0 Å². The van der Waals surface area contributed by atoms with Crippen molar-refractivity contribution in [2.24, 2.45) is 0 Å². The van der Waals surface area contributed by atoms with Crippen LogP contribution in [0, 0.1) is 0 Å². The van der Waals surface area contributed by atoms with E-state index in [9.17, 15) is 9.90 Å². The van der Waals surface area contributed by atoms with Crippen LogP contribution in [0.2, 0.25) is 0 Å². The number of aliphatic hydroxyl groups is 1.